The third kappa shape index (κ3) is 8.44. The molecule has 0 aromatic rings. The Kier molecular flexibility index (Phi) is 6.29. The van der Waals surface area contributed by atoms with Crippen molar-refractivity contribution < 1.29 is 14.3 Å². The van der Waals surface area contributed by atoms with Crippen LogP contribution in [0.3, 0.4) is 0 Å². The van der Waals surface area contributed by atoms with Crippen molar-refractivity contribution >= 4 is 14.0 Å². The molecule has 0 aliphatic carbocycles. The highest BCUT2D eigenvalue weighted by Gasteiger charge is 2.17. The Morgan fingerprint density at radius 3 is 2.19 bits per heavy atom. The van der Waals surface area contributed by atoms with Gasteiger partial charge in [0.15, 0.2) is 0 Å². The molecule has 0 N–H and O–H groups in total. The standard InChI is InChI=1S/C12H22O3Si/c1-10(2)7-14-8-11(3)12(13)15-9-16(4,5)6/h1,3,7-9H2,2,4-6H3. The molecule has 0 radical (unpaired) electrons. The van der Waals surface area contributed by atoms with Gasteiger partial charge in [0, 0.05) is 0 Å². The number of hydrogen-bond donors (Lipinski definition) is 0. The van der Waals surface area contributed by atoms with Crippen LogP contribution in [-0.2, 0) is 14.3 Å². The maximum absolute atomic E-state index is 11.5. The van der Waals surface area contributed by atoms with Crippen LogP contribution in [0.15, 0.2) is 24.3 Å². The first-order chi connectivity index (χ1) is 7.22. The van der Waals surface area contributed by atoms with E-state index in [4.69, 9.17) is 9.47 Å². The molecule has 0 bridgehead atoms. The van der Waals surface area contributed by atoms with E-state index in [1.165, 1.54) is 0 Å². The van der Waals surface area contributed by atoms with Crippen molar-refractivity contribution in [2.24, 2.45) is 0 Å². The molecule has 4 heteroatoms. The lowest BCUT2D eigenvalue weighted by atomic mass is 10.3. The lowest BCUT2D eigenvalue weighted by Gasteiger charge is -2.16. The summed E-state index contributed by atoms with van der Waals surface area (Å²) in [4.78, 5) is 11.5. The van der Waals surface area contributed by atoms with Gasteiger partial charge in [-0.15, -0.1) is 0 Å². The molecule has 0 atom stereocenters. The van der Waals surface area contributed by atoms with E-state index in [0.717, 1.165) is 5.57 Å². The van der Waals surface area contributed by atoms with E-state index < -0.39 is 8.07 Å². The minimum atomic E-state index is -1.35. The zero-order valence-corrected chi connectivity index (χ0v) is 11.8. The normalized spacial score (nSPS) is 11.0. The minimum Gasteiger partial charge on any atom is -0.466 e. The number of hydrogen-bond acceptors (Lipinski definition) is 3. The third-order valence-electron chi connectivity index (χ3n) is 1.55. The van der Waals surface area contributed by atoms with E-state index in [0.29, 0.717) is 18.4 Å². The largest absolute Gasteiger partial charge is 0.466 e. The van der Waals surface area contributed by atoms with Gasteiger partial charge in [0.25, 0.3) is 0 Å². The first-order valence-electron chi connectivity index (χ1n) is 5.29. The Labute approximate surface area is 99.1 Å². The SMILES string of the molecule is C=C(C)COCC(=C)C(=O)OC[Si](C)(C)C. The highest BCUT2D eigenvalue weighted by molar-refractivity contribution is 6.76. The van der Waals surface area contributed by atoms with Gasteiger partial charge in [0.1, 0.15) is 0 Å². The quantitative estimate of drug-likeness (QED) is 0.298. The molecule has 0 aliphatic heterocycles. The van der Waals surface area contributed by atoms with Crippen LogP contribution in [0, 0.1) is 0 Å². The fourth-order valence-corrected chi connectivity index (χ4v) is 1.36. The van der Waals surface area contributed by atoms with Gasteiger partial charge < -0.3 is 9.47 Å². The molecule has 0 amide bonds. The summed E-state index contributed by atoms with van der Waals surface area (Å²) in [7, 11) is -1.35. The Hall–Kier alpha value is -0.873. The molecule has 0 saturated heterocycles. The summed E-state index contributed by atoms with van der Waals surface area (Å²) in [6.07, 6.45) is 0.519. The van der Waals surface area contributed by atoms with Gasteiger partial charge in [-0.05, 0) is 6.92 Å². The van der Waals surface area contributed by atoms with Crippen LogP contribution in [0.4, 0.5) is 0 Å². The van der Waals surface area contributed by atoms with E-state index in [1.54, 1.807) is 0 Å². The summed E-state index contributed by atoms with van der Waals surface area (Å²) in [5.41, 5.74) is 1.28. The van der Waals surface area contributed by atoms with Crippen LogP contribution in [0.1, 0.15) is 6.92 Å². The molecule has 0 spiro atoms. The molecule has 0 heterocycles. The molecule has 0 fully saturated rings. The molecule has 0 aromatic heterocycles. The number of ether oxygens (including phenoxy) is 2. The predicted molar refractivity (Wildman–Crippen MR) is 69.1 cm³/mol. The first-order valence-corrected chi connectivity index (χ1v) is 9.00. The summed E-state index contributed by atoms with van der Waals surface area (Å²) < 4.78 is 10.4. The molecule has 3 nitrogen and oxygen atoms in total. The average Bonchev–Trinajstić information content (AvgIpc) is 2.12. The maximum Gasteiger partial charge on any atom is 0.335 e. The lowest BCUT2D eigenvalue weighted by molar-refractivity contribution is -0.137. The fraction of sp³-hybridized carbons (Fsp3) is 0.583. The molecule has 0 aliphatic rings. The van der Waals surface area contributed by atoms with Crippen molar-refractivity contribution in [3.8, 4) is 0 Å². The molecule has 0 aromatic carbocycles. The number of carbonyl (C=O) groups is 1. The molecule has 16 heavy (non-hydrogen) atoms. The van der Waals surface area contributed by atoms with E-state index in [2.05, 4.69) is 32.8 Å². The number of carbonyl (C=O) groups excluding carboxylic acids is 1. The van der Waals surface area contributed by atoms with E-state index in [-0.39, 0.29) is 12.6 Å². The summed E-state index contributed by atoms with van der Waals surface area (Å²) in [6.45, 7) is 16.3. The van der Waals surface area contributed by atoms with Crippen LogP contribution in [0.2, 0.25) is 19.6 Å². The van der Waals surface area contributed by atoms with Crippen LogP contribution in [0.25, 0.3) is 0 Å². The second-order valence-electron chi connectivity index (χ2n) is 5.19. The number of esters is 1. The summed E-state index contributed by atoms with van der Waals surface area (Å²) in [6, 6.07) is 0. The van der Waals surface area contributed by atoms with Crippen molar-refractivity contribution in [2.45, 2.75) is 26.6 Å². The molecule has 0 saturated carbocycles. The molecular weight excluding hydrogens is 220 g/mol. The highest BCUT2D eigenvalue weighted by Crippen LogP contribution is 2.04. The van der Waals surface area contributed by atoms with Crippen molar-refractivity contribution in [3.63, 3.8) is 0 Å². The van der Waals surface area contributed by atoms with Gasteiger partial charge in [0.2, 0.25) is 0 Å². The van der Waals surface area contributed by atoms with Gasteiger partial charge in [-0.2, -0.15) is 0 Å². The van der Waals surface area contributed by atoms with Crippen LogP contribution >= 0.6 is 0 Å². The van der Waals surface area contributed by atoms with Gasteiger partial charge in [-0.3, -0.25) is 0 Å². The van der Waals surface area contributed by atoms with Crippen molar-refractivity contribution in [2.75, 3.05) is 19.4 Å². The van der Waals surface area contributed by atoms with E-state index in [9.17, 15) is 4.79 Å². The van der Waals surface area contributed by atoms with E-state index in [1.807, 2.05) is 6.92 Å². The van der Waals surface area contributed by atoms with Crippen LogP contribution in [-0.4, -0.2) is 33.5 Å². The molecule has 0 unspecified atom stereocenters. The van der Waals surface area contributed by atoms with Crippen molar-refractivity contribution in [3.05, 3.63) is 24.3 Å². The Morgan fingerprint density at radius 1 is 1.19 bits per heavy atom. The fourth-order valence-electron chi connectivity index (χ4n) is 0.792. The molecule has 92 valence electrons. The van der Waals surface area contributed by atoms with E-state index >= 15 is 0 Å². The Balaban J connectivity index is 3.83. The zero-order chi connectivity index (χ0) is 12.8. The van der Waals surface area contributed by atoms with Gasteiger partial charge in [-0.25, -0.2) is 4.79 Å². The van der Waals surface area contributed by atoms with Crippen molar-refractivity contribution in [1.82, 2.24) is 0 Å². The lowest BCUT2D eigenvalue weighted by Crippen LogP contribution is -2.30. The van der Waals surface area contributed by atoms with Crippen LogP contribution in [0.5, 0.6) is 0 Å². The molecular formula is C12H22O3Si. The van der Waals surface area contributed by atoms with Gasteiger partial charge in [0.05, 0.1) is 33.1 Å². The maximum atomic E-state index is 11.5. The third-order valence-corrected chi connectivity index (χ3v) is 2.56. The summed E-state index contributed by atoms with van der Waals surface area (Å²) >= 11 is 0. The highest BCUT2D eigenvalue weighted by atomic mass is 28.3. The second-order valence-corrected chi connectivity index (χ2v) is 10.6. The summed E-state index contributed by atoms with van der Waals surface area (Å²) in [5.74, 6) is -0.357. The smallest absolute Gasteiger partial charge is 0.335 e. The zero-order valence-electron chi connectivity index (χ0n) is 10.8. The minimum absolute atomic E-state index is 0.206. The number of rotatable bonds is 7. The Morgan fingerprint density at radius 2 is 1.75 bits per heavy atom. The average molecular weight is 242 g/mol. The van der Waals surface area contributed by atoms with Gasteiger partial charge >= 0.3 is 5.97 Å². The predicted octanol–water partition coefficient (Wildman–Crippen LogP) is 2.56. The van der Waals surface area contributed by atoms with Gasteiger partial charge in [-0.1, -0.05) is 38.4 Å². The second kappa shape index (κ2) is 6.65. The first kappa shape index (κ1) is 15.1. The molecule has 0 rings (SSSR count). The summed E-state index contributed by atoms with van der Waals surface area (Å²) in [5, 5.41) is 0. The van der Waals surface area contributed by atoms with Crippen LogP contribution < -0.4 is 0 Å². The Bertz CT molecular complexity index is 276. The topological polar surface area (TPSA) is 35.5 Å². The van der Waals surface area contributed by atoms with Crippen molar-refractivity contribution in [1.29, 1.82) is 0 Å². The monoisotopic (exact) mass is 242 g/mol.